The molecule has 0 aromatic rings. The summed E-state index contributed by atoms with van der Waals surface area (Å²) in [6, 6.07) is 0. The third-order valence-electron chi connectivity index (χ3n) is 3.38. The zero-order valence-corrected chi connectivity index (χ0v) is 12.6. The maximum atomic E-state index is 11.9. The van der Waals surface area contributed by atoms with Crippen LogP contribution in [0.25, 0.3) is 0 Å². The number of aliphatic carboxylic acids is 2. The van der Waals surface area contributed by atoms with E-state index in [0.717, 1.165) is 0 Å². The smallest absolute Gasteiger partial charge is 0.355 e. The summed E-state index contributed by atoms with van der Waals surface area (Å²) < 4.78 is 4.88. The summed E-state index contributed by atoms with van der Waals surface area (Å²) in [5, 5.41) is 29.2. The molecule has 0 spiro atoms. The lowest BCUT2D eigenvalue weighted by atomic mass is 9.82. The fourth-order valence-corrected chi connectivity index (χ4v) is 2.39. The Morgan fingerprint density at radius 2 is 1.91 bits per heavy atom. The summed E-state index contributed by atoms with van der Waals surface area (Å²) in [6.45, 7) is 5.20. The first-order valence-corrected chi connectivity index (χ1v) is 6.76. The number of likely N-dealkylation sites (N-methyl/N-ethyl adjacent to an activating group) is 1. The molecule has 22 heavy (non-hydrogen) atoms. The lowest BCUT2D eigenvalue weighted by Crippen LogP contribution is -2.57. The minimum Gasteiger partial charge on any atom is -0.481 e. The summed E-state index contributed by atoms with van der Waals surface area (Å²) in [4.78, 5) is 34.3. The van der Waals surface area contributed by atoms with Crippen molar-refractivity contribution >= 4 is 17.9 Å². The van der Waals surface area contributed by atoms with E-state index in [1.165, 1.54) is 18.0 Å². The van der Waals surface area contributed by atoms with Gasteiger partial charge in [0, 0.05) is 6.54 Å². The second kappa shape index (κ2) is 6.75. The number of hydrogen-bond acceptors (Lipinski definition) is 7. The average Bonchev–Trinajstić information content (AvgIpc) is 2.76. The molecule has 0 radical (unpaired) electrons. The molecule has 0 aromatic heterocycles. The molecule has 124 valence electrons. The van der Waals surface area contributed by atoms with E-state index < -0.39 is 35.5 Å². The van der Waals surface area contributed by atoms with Crippen molar-refractivity contribution in [1.82, 2.24) is 10.4 Å². The van der Waals surface area contributed by atoms with E-state index in [2.05, 4.69) is 5.43 Å². The number of carboxylic acids is 2. The van der Waals surface area contributed by atoms with Gasteiger partial charge in [-0.15, -0.1) is 0 Å². The first-order valence-electron chi connectivity index (χ1n) is 6.76. The van der Waals surface area contributed by atoms with Gasteiger partial charge >= 0.3 is 17.9 Å². The van der Waals surface area contributed by atoms with Crippen molar-refractivity contribution in [3.63, 3.8) is 0 Å². The summed E-state index contributed by atoms with van der Waals surface area (Å²) in [5.74, 6) is -5.50. The number of nitrogens with one attached hydrogen (secondary N) is 1. The van der Waals surface area contributed by atoms with Gasteiger partial charge in [-0.25, -0.2) is 15.0 Å². The van der Waals surface area contributed by atoms with Crippen LogP contribution < -0.4 is 5.43 Å². The van der Waals surface area contributed by atoms with E-state index in [9.17, 15) is 24.6 Å². The van der Waals surface area contributed by atoms with Crippen LogP contribution in [-0.4, -0.2) is 63.0 Å². The van der Waals surface area contributed by atoms with Crippen LogP contribution in [0.1, 0.15) is 20.8 Å². The Hall–Kier alpha value is -2.13. The molecule has 0 aromatic carbocycles. The number of aliphatic hydroxyl groups excluding tert-OH is 1. The lowest BCUT2D eigenvalue weighted by Gasteiger charge is -2.33. The number of carbonyl (C=O) groups excluding carboxylic acids is 1. The highest BCUT2D eigenvalue weighted by Gasteiger charge is 2.50. The Balaban J connectivity index is 3.22. The number of carbonyl (C=O) groups is 3. The van der Waals surface area contributed by atoms with Gasteiger partial charge in [0.25, 0.3) is 0 Å². The summed E-state index contributed by atoms with van der Waals surface area (Å²) in [7, 11) is 0. The monoisotopic (exact) mass is 316 g/mol. The van der Waals surface area contributed by atoms with Crippen LogP contribution in [0.2, 0.25) is 0 Å². The normalized spacial score (nSPS) is 23.6. The van der Waals surface area contributed by atoms with E-state index in [1.807, 2.05) is 0 Å². The summed E-state index contributed by atoms with van der Waals surface area (Å²) in [6.07, 6.45) is -0.856. The van der Waals surface area contributed by atoms with Gasteiger partial charge in [-0.1, -0.05) is 0 Å². The van der Waals surface area contributed by atoms with Gasteiger partial charge in [0.15, 0.2) is 6.10 Å². The van der Waals surface area contributed by atoms with Gasteiger partial charge in [-0.3, -0.25) is 4.79 Å². The number of carboxylic acid groups (broad SMARTS) is 2. The Morgan fingerprint density at radius 1 is 1.32 bits per heavy atom. The fourth-order valence-electron chi connectivity index (χ4n) is 2.39. The van der Waals surface area contributed by atoms with Crippen molar-refractivity contribution in [2.45, 2.75) is 32.4 Å². The Bertz CT molecular complexity index is 505. The van der Waals surface area contributed by atoms with Gasteiger partial charge in [0.05, 0.1) is 12.1 Å². The largest absolute Gasteiger partial charge is 0.481 e. The minimum atomic E-state index is -2.13. The number of rotatable bonds is 7. The SMILES string of the molecule is CCOC(=O)C1=CC(C)(C(C(=O)O)C(O)C(=O)O)NN1CC. The molecule has 3 atom stereocenters. The van der Waals surface area contributed by atoms with Crippen molar-refractivity contribution in [1.29, 1.82) is 0 Å². The highest BCUT2D eigenvalue weighted by Crippen LogP contribution is 2.31. The number of nitrogens with zero attached hydrogens (tertiary/aromatic N) is 1. The third kappa shape index (κ3) is 3.37. The highest BCUT2D eigenvalue weighted by atomic mass is 16.5. The van der Waals surface area contributed by atoms with Gasteiger partial charge in [0.1, 0.15) is 11.6 Å². The fraction of sp³-hybridized carbons (Fsp3) is 0.615. The summed E-state index contributed by atoms with van der Waals surface area (Å²) >= 11 is 0. The third-order valence-corrected chi connectivity index (χ3v) is 3.38. The van der Waals surface area contributed by atoms with E-state index in [-0.39, 0.29) is 12.3 Å². The minimum absolute atomic E-state index is 0.0793. The molecular formula is C13H20N2O7. The molecule has 1 aliphatic rings. The molecule has 0 saturated heterocycles. The average molecular weight is 316 g/mol. The first kappa shape index (κ1) is 17.9. The van der Waals surface area contributed by atoms with Gasteiger partial charge in [-0.05, 0) is 26.8 Å². The predicted molar refractivity (Wildman–Crippen MR) is 73.4 cm³/mol. The number of hydrogen-bond donors (Lipinski definition) is 4. The van der Waals surface area contributed by atoms with Crippen LogP contribution in [0.4, 0.5) is 0 Å². The van der Waals surface area contributed by atoms with E-state index in [0.29, 0.717) is 6.54 Å². The Kier molecular flexibility index (Phi) is 5.50. The zero-order valence-electron chi connectivity index (χ0n) is 12.6. The molecule has 0 fully saturated rings. The van der Waals surface area contributed by atoms with Crippen LogP contribution in [-0.2, 0) is 19.1 Å². The second-order valence-corrected chi connectivity index (χ2v) is 4.99. The van der Waals surface area contributed by atoms with Gasteiger partial charge < -0.3 is 25.1 Å². The standard InChI is InChI=1S/C13H20N2O7/c1-4-15-7(12(21)22-5-2)6-13(3,14-15)8(10(17)18)9(16)11(19)20/h6,8-9,14,16H,4-5H2,1-3H3,(H,17,18)(H,19,20). The van der Waals surface area contributed by atoms with Crippen molar-refractivity contribution in [3.8, 4) is 0 Å². The molecule has 1 rings (SSSR count). The van der Waals surface area contributed by atoms with Crippen LogP contribution in [0.15, 0.2) is 11.8 Å². The lowest BCUT2D eigenvalue weighted by molar-refractivity contribution is -0.163. The first-order chi connectivity index (χ1) is 10.2. The molecule has 0 bridgehead atoms. The predicted octanol–water partition coefficient (Wildman–Crippen LogP) is -0.821. The molecular weight excluding hydrogens is 296 g/mol. The van der Waals surface area contributed by atoms with E-state index >= 15 is 0 Å². The Morgan fingerprint density at radius 3 is 2.32 bits per heavy atom. The maximum absolute atomic E-state index is 11.9. The molecule has 4 N–H and O–H groups in total. The molecule has 9 nitrogen and oxygen atoms in total. The molecule has 0 saturated carbocycles. The molecule has 0 aliphatic carbocycles. The van der Waals surface area contributed by atoms with Crippen LogP contribution in [0.3, 0.4) is 0 Å². The summed E-state index contributed by atoms with van der Waals surface area (Å²) in [5.41, 5.74) is 1.38. The van der Waals surface area contributed by atoms with E-state index in [4.69, 9.17) is 9.84 Å². The number of esters is 1. The molecule has 3 unspecified atom stereocenters. The topological polar surface area (TPSA) is 136 Å². The van der Waals surface area contributed by atoms with Crippen LogP contribution in [0.5, 0.6) is 0 Å². The molecule has 9 heteroatoms. The van der Waals surface area contributed by atoms with Gasteiger partial charge in [0.2, 0.25) is 0 Å². The quantitative estimate of drug-likeness (QED) is 0.444. The number of ether oxygens (including phenoxy) is 1. The molecule has 1 heterocycles. The van der Waals surface area contributed by atoms with Gasteiger partial charge in [-0.2, -0.15) is 0 Å². The highest BCUT2D eigenvalue weighted by molar-refractivity contribution is 5.89. The number of hydrazine groups is 1. The maximum Gasteiger partial charge on any atom is 0.355 e. The van der Waals surface area contributed by atoms with Crippen molar-refractivity contribution in [2.24, 2.45) is 5.92 Å². The number of aliphatic hydroxyl groups is 1. The van der Waals surface area contributed by atoms with Crippen LogP contribution in [0, 0.1) is 5.92 Å². The van der Waals surface area contributed by atoms with Crippen molar-refractivity contribution < 1.29 is 34.4 Å². The Labute approximate surface area is 127 Å². The molecule has 0 amide bonds. The van der Waals surface area contributed by atoms with E-state index in [1.54, 1.807) is 13.8 Å². The van der Waals surface area contributed by atoms with Crippen molar-refractivity contribution in [2.75, 3.05) is 13.2 Å². The second-order valence-electron chi connectivity index (χ2n) is 4.99. The molecule has 1 aliphatic heterocycles. The zero-order chi connectivity index (χ0) is 17.1. The van der Waals surface area contributed by atoms with Crippen molar-refractivity contribution in [3.05, 3.63) is 11.8 Å². The van der Waals surface area contributed by atoms with Crippen LogP contribution >= 0.6 is 0 Å².